The van der Waals surface area contributed by atoms with Gasteiger partial charge in [0.05, 0.1) is 25.5 Å². The van der Waals surface area contributed by atoms with Crippen molar-refractivity contribution < 1.29 is 22.6 Å². The summed E-state index contributed by atoms with van der Waals surface area (Å²) in [6, 6.07) is 20.5. The molecule has 0 aliphatic heterocycles. The Bertz CT molecular complexity index is 1020. The summed E-state index contributed by atoms with van der Waals surface area (Å²) in [5.74, 6) is 1.47. The number of amidine groups is 1. The second kappa shape index (κ2) is 11.1. The average molecular weight is 475 g/mol. The lowest BCUT2D eigenvalue weighted by molar-refractivity contribution is -0.137. The maximum absolute atomic E-state index is 13.5. The van der Waals surface area contributed by atoms with Gasteiger partial charge >= 0.3 is 6.18 Å². The van der Waals surface area contributed by atoms with Crippen molar-refractivity contribution in [3.63, 3.8) is 0 Å². The molecule has 33 heavy (non-hydrogen) atoms. The van der Waals surface area contributed by atoms with Gasteiger partial charge in [-0.05, 0) is 53.8 Å². The largest absolute Gasteiger partial charge is 0.497 e. The monoisotopic (exact) mass is 474 g/mol. The molecule has 0 saturated heterocycles. The van der Waals surface area contributed by atoms with Gasteiger partial charge in [-0.3, -0.25) is 0 Å². The molecule has 3 aromatic carbocycles. The molecule has 0 aromatic heterocycles. The predicted octanol–water partition coefficient (Wildman–Crippen LogP) is 6.78. The van der Waals surface area contributed by atoms with E-state index >= 15 is 0 Å². The van der Waals surface area contributed by atoms with Crippen LogP contribution in [0.1, 0.15) is 16.7 Å². The second-order valence-electron chi connectivity index (χ2n) is 7.17. The minimum absolute atomic E-state index is 0.108. The van der Waals surface area contributed by atoms with E-state index < -0.39 is 11.7 Å². The van der Waals surface area contributed by atoms with Crippen LogP contribution >= 0.6 is 11.8 Å². The summed E-state index contributed by atoms with van der Waals surface area (Å²) in [6.45, 7) is 0.924. The molecule has 0 saturated carbocycles. The molecule has 0 bridgehead atoms. The highest BCUT2D eigenvalue weighted by atomic mass is 32.2. The molecule has 0 unspecified atom stereocenters. The molecule has 0 N–H and O–H groups in total. The van der Waals surface area contributed by atoms with Crippen LogP contribution in [0.25, 0.3) is 0 Å². The third-order valence-corrected chi connectivity index (χ3v) is 5.66. The molecule has 4 nitrogen and oxygen atoms in total. The van der Waals surface area contributed by atoms with Gasteiger partial charge in [-0.1, -0.05) is 48.2 Å². The molecular weight excluding hydrogens is 449 g/mol. The van der Waals surface area contributed by atoms with Gasteiger partial charge in [0.15, 0.2) is 5.17 Å². The van der Waals surface area contributed by atoms with E-state index in [-0.39, 0.29) is 5.69 Å². The maximum atomic E-state index is 13.5. The first-order valence-electron chi connectivity index (χ1n) is 10.1. The van der Waals surface area contributed by atoms with Crippen LogP contribution in [-0.4, -0.2) is 30.5 Å². The zero-order chi connectivity index (χ0) is 23.8. The van der Waals surface area contributed by atoms with Crippen LogP contribution in [-0.2, 0) is 19.3 Å². The highest BCUT2D eigenvalue weighted by Gasteiger charge is 2.33. The predicted molar refractivity (Wildman–Crippen MR) is 127 cm³/mol. The lowest BCUT2D eigenvalue weighted by Gasteiger charge is -2.26. The molecule has 0 fully saturated rings. The molecule has 0 heterocycles. The highest BCUT2D eigenvalue weighted by Crippen LogP contribution is 2.36. The van der Waals surface area contributed by atoms with Gasteiger partial charge in [0.25, 0.3) is 0 Å². The number of hydrogen-bond donors (Lipinski definition) is 0. The Kier molecular flexibility index (Phi) is 8.27. The van der Waals surface area contributed by atoms with Crippen molar-refractivity contribution in [1.29, 1.82) is 0 Å². The summed E-state index contributed by atoms with van der Waals surface area (Å²) in [5.41, 5.74) is 1.10. The summed E-state index contributed by atoms with van der Waals surface area (Å²) in [5, 5.41) is 0.485. The van der Waals surface area contributed by atoms with Gasteiger partial charge in [0.2, 0.25) is 0 Å². The van der Waals surface area contributed by atoms with Gasteiger partial charge < -0.3 is 14.4 Å². The number of aliphatic imine (C=N–C) groups is 1. The quantitative estimate of drug-likeness (QED) is 0.279. The molecule has 3 aromatic rings. The van der Waals surface area contributed by atoms with Crippen molar-refractivity contribution >= 4 is 22.6 Å². The second-order valence-corrected chi connectivity index (χ2v) is 7.94. The van der Waals surface area contributed by atoms with Gasteiger partial charge in [-0.2, -0.15) is 13.2 Å². The first-order chi connectivity index (χ1) is 15.8. The van der Waals surface area contributed by atoms with Crippen LogP contribution in [0.3, 0.4) is 0 Å². The lowest BCUT2D eigenvalue weighted by atomic mass is 10.1. The zero-order valence-electron chi connectivity index (χ0n) is 18.6. The van der Waals surface area contributed by atoms with E-state index in [0.717, 1.165) is 28.7 Å². The molecular formula is C25H25F3N2O2S. The van der Waals surface area contributed by atoms with Crippen molar-refractivity contribution in [2.24, 2.45) is 4.99 Å². The Balaban J connectivity index is 1.98. The Labute approximate surface area is 196 Å². The standard InChI is InChI=1S/C25H25F3N2O2S/c1-31-20-12-8-18(9-13-20)16-30(17-19-10-14-21(32-2)15-11-19)24(33-3)29-23-7-5-4-6-22(23)25(26,27)28/h4-15H,16-17H2,1-3H3. The fraction of sp³-hybridized carbons (Fsp3) is 0.240. The van der Waals surface area contributed by atoms with E-state index in [0.29, 0.717) is 18.3 Å². The number of thioether (sulfide) groups is 1. The molecule has 8 heteroatoms. The summed E-state index contributed by atoms with van der Waals surface area (Å²) >= 11 is 1.31. The third kappa shape index (κ3) is 6.68. The molecule has 174 valence electrons. The van der Waals surface area contributed by atoms with E-state index in [2.05, 4.69) is 4.99 Å². The van der Waals surface area contributed by atoms with Gasteiger partial charge in [-0.25, -0.2) is 4.99 Å². The summed E-state index contributed by atoms with van der Waals surface area (Å²) in [7, 11) is 3.20. The Hall–Kier alpha value is -3.13. The number of halogens is 3. The SMILES string of the molecule is COc1ccc(CN(Cc2ccc(OC)cc2)C(=Nc2ccccc2C(F)(F)F)SC)cc1. The van der Waals surface area contributed by atoms with Crippen molar-refractivity contribution in [2.75, 3.05) is 20.5 Å². The van der Waals surface area contributed by atoms with Crippen molar-refractivity contribution in [3.8, 4) is 11.5 Å². The van der Waals surface area contributed by atoms with Crippen LogP contribution in [0.2, 0.25) is 0 Å². The number of benzene rings is 3. The molecule has 0 aliphatic carbocycles. The lowest BCUT2D eigenvalue weighted by Crippen LogP contribution is -2.28. The smallest absolute Gasteiger partial charge is 0.418 e. The number of rotatable bonds is 7. The Morgan fingerprint density at radius 3 is 1.73 bits per heavy atom. The topological polar surface area (TPSA) is 34.1 Å². The van der Waals surface area contributed by atoms with Gasteiger partial charge in [0.1, 0.15) is 11.5 Å². The average Bonchev–Trinajstić information content (AvgIpc) is 2.82. The van der Waals surface area contributed by atoms with E-state index in [1.807, 2.05) is 59.7 Å². The van der Waals surface area contributed by atoms with E-state index in [1.165, 1.54) is 23.9 Å². The first-order valence-corrected chi connectivity index (χ1v) is 11.4. The van der Waals surface area contributed by atoms with Crippen molar-refractivity contribution in [2.45, 2.75) is 19.3 Å². The minimum atomic E-state index is -4.49. The number of para-hydroxylation sites is 1. The maximum Gasteiger partial charge on any atom is 0.418 e. The highest BCUT2D eigenvalue weighted by molar-refractivity contribution is 8.13. The Morgan fingerprint density at radius 1 is 0.818 bits per heavy atom. The van der Waals surface area contributed by atoms with Crippen molar-refractivity contribution in [1.82, 2.24) is 4.90 Å². The van der Waals surface area contributed by atoms with Crippen molar-refractivity contribution in [3.05, 3.63) is 89.5 Å². The number of nitrogens with zero attached hydrogens (tertiary/aromatic N) is 2. The van der Waals surface area contributed by atoms with Crippen LogP contribution in [0.4, 0.5) is 18.9 Å². The van der Waals surface area contributed by atoms with E-state index in [4.69, 9.17) is 9.47 Å². The molecule has 3 rings (SSSR count). The molecule has 0 aliphatic rings. The number of ether oxygens (including phenoxy) is 2. The Morgan fingerprint density at radius 2 is 1.30 bits per heavy atom. The fourth-order valence-corrected chi connectivity index (χ4v) is 3.83. The summed E-state index contributed by atoms with van der Waals surface area (Å²) in [4.78, 5) is 6.40. The van der Waals surface area contributed by atoms with Crippen LogP contribution in [0.15, 0.2) is 77.8 Å². The molecule has 0 atom stereocenters. The van der Waals surface area contributed by atoms with Crippen LogP contribution < -0.4 is 9.47 Å². The van der Waals surface area contributed by atoms with E-state index in [9.17, 15) is 13.2 Å². The zero-order valence-corrected chi connectivity index (χ0v) is 19.4. The number of hydrogen-bond acceptors (Lipinski definition) is 4. The molecule has 0 radical (unpaired) electrons. The number of methoxy groups -OCH3 is 2. The number of alkyl halides is 3. The summed E-state index contributed by atoms with van der Waals surface area (Å²) < 4.78 is 51.0. The molecule has 0 amide bonds. The normalized spacial score (nSPS) is 11.9. The van der Waals surface area contributed by atoms with Crippen LogP contribution in [0.5, 0.6) is 11.5 Å². The fourth-order valence-electron chi connectivity index (χ4n) is 3.25. The molecule has 0 spiro atoms. The minimum Gasteiger partial charge on any atom is -0.497 e. The van der Waals surface area contributed by atoms with E-state index in [1.54, 1.807) is 20.3 Å². The van der Waals surface area contributed by atoms with Crippen LogP contribution in [0, 0.1) is 0 Å². The first kappa shape index (κ1) is 24.5. The van der Waals surface area contributed by atoms with Gasteiger partial charge in [-0.15, -0.1) is 0 Å². The third-order valence-electron chi connectivity index (χ3n) is 4.94. The van der Waals surface area contributed by atoms with Gasteiger partial charge in [0, 0.05) is 13.1 Å². The summed E-state index contributed by atoms with van der Waals surface area (Å²) in [6.07, 6.45) is -2.68.